The van der Waals surface area contributed by atoms with E-state index in [2.05, 4.69) is 11.3 Å². The van der Waals surface area contributed by atoms with Crippen LogP contribution in [-0.2, 0) is 14.3 Å². The summed E-state index contributed by atoms with van der Waals surface area (Å²) in [5.74, 6) is 0. The predicted octanol–water partition coefficient (Wildman–Crippen LogP) is 1.09. The first-order valence-corrected chi connectivity index (χ1v) is 4.81. The quantitative estimate of drug-likeness (QED) is 0.428. The Morgan fingerprint density at radius 2 is 1.79 bits per heavy atom. The summed E-state index contributed by atoms with van der Waals surface area (Å²) in [4.78, 5) is 9.45. The van der Waals surface area contributed by atoms with Gasteiger partial charge in [0.1, 0.15) is 0 Å². The Kier molecular flexibility index (Phi) is 2.82. The second-order valence-corrected chi connectivity index (χ2v) is 3.94. The van der Waals surface area contributed by atoms with Crippen LogP contribution in [0.1, 0.15) is 0 Å². The minimum atomic E-state index is -3.87. The normalized spacial score (nSPS) is 11.2. The van der Waals surface area contributed by atoms with Gasteiger partial charge in [-0.05, 0) is 12.1 Å². The van der Waals surface area contributed by atoms with Crippen LogP contribution in [0.5, 0.6) is 0 Å². The van der Waals surface area contributed by atoms with Gasteiger partial charge < -0.3 is 0 Å². The first-order valence-electron chi connectivity index (χ1n) is 3.40. The Labute approximate surface area is 80.4 Å². The molecule has 0 spiro atoms. The van der Waals surface area contributed by atoms with E-state index in [4.69, 9.17) is 0 Å². The van der Waals surface area contributed by atoms with E-state index in [9.17, 15) is 18.5 Å². The third-order valence-corrected chi connectivity index (χ3v) is 2.65. The number of non-ortho nitro benzene ring substituents is 1. The first-order chi connectivity index (χ1) is 6.47. The molecule has 0 heterocycles. The summed E-state index contributed by atoms with van der Waals surface area (Å²) in [6, 6.07) is 4.31. The van der Waals surface area contributed by atoms with Crippen molar-refractivity contribution in [2.24, 2.45) is 0 Å². The van der Waals surface area contributed by atoms with Crippen molar-refractivity contribution in [2.75, 3.05) is 0 Å². The number of rotatable bonds is 3. The molecular formula is C7H6NO5S. The molecule has 75 valence electrons. The molecule has 1 aromatic carbocycles. The largest absolute Gasteiger partial charge is 0.297 e. The van der Waals surface area contributed by atoms with Crippen LogP contribution in [-0.4, -0.2) is 13.3 Å². The van der Waals surface area contributed by atoms with Gasteiger partial charge >= 0.3 is 0 Å². The van der Waals surface area contributed by atoms with Crippen molar-refractivity contribution in [1.82, 2.24) is 0 Å². The van der Waals surface area contributed by atoms with Gasteiger partial charge in [0.2, 0.25) is 0 Å². The molecular weight excluding hydrogens is 210 g/mol. The molecule has 0 aliphatic rings. The van der Waals surface area contributed by atoms with Gasteiger partial charge in [0.15, 0.2) is 0 Å². The van der Waals surface area contributed by atoms with Crippen LogP contribution in [0.4, 0.5) is 5.69 Å². The molecule has 1 aromatic rings. The van der Waals surface area contributed by atoms with E-state index in [1.807, 2.05) is 0 Å². The summed E-state index contributed by atoms with van der Waals surface area (Å²) < 4.78 is 26.0. The highest BCUT2D eigenvalue weighted by molar-refractivity contribution is 7.86. The van der Waals surface area contributed by atoms with E-state index in [1.54, 1.807) is 0 Å². The van der Waals surface area contributed by atoms with Crippen LogP contribution in [0.2, 0.25) is 0 Å². The number of hydrogen-bond donors (Lipinski definition) is 0. The van der Waals surface area contributed by atoms with Crippen LogP contribution in [0.15, 0.2) is 29.2 Å². The number of hydrogen-bond acceptors (Lipinski definition) is 5. The van der Waals surface area contributed by atoms with Crippen LogP contribution >= 0.6 is 0 Å². The van der Waals surface area contributed by atoms with Crippen LogP contribution in [0.25, 0.3) is 0 Å². The maximum absolute atomic E-state index is 11.0. The Balaban J connectivity index is 3.12. The van der Waals surface area contributed by atoms with Crippen molar-refractivity contribution in [3.05, 3.63) is 41.5 Å². The minimum Gasteiger partial charge on any atom is -0.264 e. The summed E-state index contributed by atoms with van der Waals surface area (Å²) >= 11 is 0. The molecule has 7 heteroatoms. The van der Waals surface area contributed by atoms with Gasteiger partial charge in [-0.15, -0.1) is 0 Å². The summed E-state index contributed by atoms with van der Waals surface area (Å²) in [6.45, 7) is 0. The average molecular weight is 216 g/mol. The smallest absolute Gasteiger partial charge is 0.264 e. The van der Waals surface area contributed by atoms with Crippen molar-refractivity contribution in [2.45, 2.75) is 4.90 Å². The fourth-order valence-corrected chi connectivity index (χ4v) is 1.41. The maximum Gasteiger partial charge on any atom is 0.297 e. The number of benzene rings is 1. The van der Waals surface area contributed by atoms with Gasteiger partial charge in [-0.2, -0.15) is 8.42 Å². The van der Waals surface area contributed by atoms with Crippen molar-refractivity contribution < 1.29 is 17.5 Å². The van der Waals surface area contributed by atoms with Crippen LogP contribution < -0.4 is 0 Å². The van der Waals surface area contributed by atoms with E-state index in [1.165, 1.54) is 0 Å². The van der Waals surface area contributed by atoms with Gasteiger partial charge in [-0.3, -0.25) is 14.3 Å². The molecule has 0 aliphatic carbocycles. The average Bonchev–Trinajstić information content (AvgIpc) is 2.18. The standard InChI is InChI=1S/C7H6NO5S/c1-13-14(11,12)7-4-2-6(3-5-7)8(9)10/h2-5H,1H2. The van der Waals surface area contributed by atoms with Gasteiger partial charge in [0.05, 0.1) is 16.9 Å². The second-order valence-electron chi connectivity index (χ2n) is 2.32. The first kappa shape index (κ1) is 10.6. The Bertz CT molecular complexity index is 436. The lowest BCUT2D eigenvalue weighted by Crippen LogP contribution is -2.01. The SMILES string of the molecule is [CH2]OS(=O)(=O)c1ccc([N+](=O)[O-])cc1. The van der Waals surface area contributed by atoms with Crippen molar-refractivity contribution in [3.8, 4) is 0 Å². The van der Waals surface area contributed by atoms with Gasteiger partial charge in [-0.25, -0.2) is 0 Å². The zero-order valence-corrected chi connectivity index (χ0v) is 7.73. The monoisotopic (exact) mass is 216 g/mol. The zero-order chi connectivity index (χ0) is 10.8. The van der Waals surface area contributed by atoms with E-state index < -0.39 is 15.0 Å². The predicted molar refractivity (Wildman–Crippen MR) is 46.7 cm³/mol. The molecule has 0 amide bonds. The molecule has 0 saturated carbocycles. The highest BCUT2D eigenvalue weighted by Crippen LogP contribution is 2.16. The highest BCUT2D eigenvalue weighted by atomic mass is 32.2. The molecule has 0 atom stereocenters. The fraction of sp³-hybridized carbons (Fsp3) is 0. The minimum absolute atomic E-state index is 0.168. The number of nitro groups is 1. The molecule has 0 aromatic heterocycles. The fourth-order valence-electron chi connectivity index (χ4n) is 0.803. The topological polar surface area (TPSA) is 86.5 Å². The molecule has 14 heavy (non-hydrogen) atoms. The molecule has 0 aliphatic heterocycles. The van der Waals surface area contributed by atoms with Gasteiger partial charge in [0, 0.05) is 12.1 Å². The third kappa shape index (κ3) is 2.06. The molecule has 0 unspecified atom stereocenters. The van der Waals surface area contributed by atoms with E-state index >= 15 is 0 Å². The third-order valence-electron chi connectivity index (χ3n) is 1.49. The summed E-state index contributed by atoms with van der Waals surface area (Å²) in [7, 11) is -1.10. The highest BCUT2D eigenvalue weighted by Gasteiger charge is 2.14. The van der Waals surface area contributed by atoms with Gasteiger partial charge in [0.25, 0.3) is 15.8 Å². The summed E-state index contributed by atoms with van der Waals surface area (Å²) in [5.41, 5.74) is -0.187. The zero-order valence-electron chi connectivity index (χ0n) is 6.91. The lowest BCUT2D eigenvalue weighted by atomic mass is 10.3. The molecule has 0 saturated heterocycles. The van der Waals surface area contributed by atoms with Crippen molar-refractivity contribution in [1.29, 1.82) is 0 Å². The molecule has 1 rings (SSSR count). The summed E-state index contributed by atoms with van der Waals surface area (Å²) in [6.07, 6.45) is 0. The van der Waals surface area contributed by atoms with Crippen molar-refractivity contribution >= 4 is 15.8 Å². The van der Waals surface area contributed by atoms with E-state index in [-0.39, 0.29) is 10.6 Å². The number of nitro benzene ring substituents is 1. The van der Waals surface area contributed by atoms with Crippen molar-refractivity contribution in [3.63, 3.8) is 0 Å². The van der Waals surface area contributed by atoms with Crippen LogP contribution in [0, 0.1) is 17.2 Å². The second kappa shape index (κ2) is 3.72. The molecule has 0 bridgehead atoms. The Morgan fingerprint density at radius 3 is 2.14 bits per heavy atom. The molecule has 0 fully saturated rings. The van der Waals surface area contributed by atoms with E-state index in [0.29, 0.717) is 0 Å². The maximum atomic E-state index is 11.0. The van der Waals surface area contributed by atoms with E-state index in [0.717, 1.165) is 24.3 Å². The Hall–Kier alpha value is -1.47. The molecule has 0 N–H and O–H groups in total. The number of nitrogens with zero attached hydrogens (tertiary/aromatic N) is 1. The molecule has 6 nitrogen and oxygen atoms in total. The lowest BCUT2D eigenvalue weighted by Gasteiger charge is -1.99. The molecule has 1 radical (unpaired) electrons. The summed E-state index contributed by atoms with van der Waals surface area (Å²) in [5, 5.41) is 10.2. The lowest BCUT2D eigenvalue weighted by molar-refractivity contribution is -0.384. The Morgan fingerprint density at radius 1 is 1.29 bits per heavy atom. The van der Waals surface area contributed by atoms with Gasteiger partial charge in [-0.1, -0.05) is 0 Å². The van der Waals surface area contributed by atoms with Crippen LogP contribution in [0.3, 0.4) is 0 Å².